The summed E-state index contributed by atoms with van der Waals surface area (Å²) < 4.78 is 30.7. The van der Waals surface area contributed by atoms with Gasteiger partial charge in [0.25, 0.3) is 0 Å². The van der Waals surface area contributed by atoms with Crippen LogP contribution in [0.2, 0.25) is 0 Å². The number of carbonyl (C=O) groups is 1. The summed E-state index contributed by atoms with van der Waals surface area (Å²) in [5.41, 5.74) is 1.13. The van der Waals surface area contributed by atoms with Crippen molar-refractivity contribution in [3.05, 3.63) is 85.9 Å². The van der Waals surface area contributed by atoms with Gasteiger partial charge in [-0.3, -0.25) is 14.4 Å². The van der Waals surface area contributed by atoms with Gasteiger partial charge in [0.15, 0.2) is 5.69 Å². The number of ether oxygens (including phenoxy) is 1. The van der Waals surface area contributed by atoms with Gasteiger partial charge >= 0.3 is 5.49 Å². The Balaban J connectivity index is 1.75. The van der Waals surface area contributed by atoms with E-state index in [4.69, 9.17) is 4.74 Å². The highest BCUT2D eigenvalue weighted by molar-refractivity contribution is 9.10. The Morgan fingerprint density at radius 3 is 2.85 bits per heavy atom. The Bertz CT molecular complexity index is 1430. The fraction of sp³-hybridized carbons (Fsp3) is 0.190. The molecule has 0 spiro atoms. The molecule has 0 aliphatic carbocycles. The molecule has 0 amide bonds. The molecule has 34 heavy (non-hydrogen) atoms. The summed E-state index contributed by atoms with van der Waals surface area (Å²) in [5, 5.41) is 26.9. The van der Waals surface area contributed by atoms with Crippen LogP contribution >= 0.6 is 27.7 Å². The average molecular weight is 548 g/mol. The maximum atomic E-state index is 14.2. The number of nitrogens with one attached hydrogen (secondary N) is 1. The van der Waals surface area contributed by atoms with Gasteiger partial charge in [-0.15, -0.1) is 0 Å². The van der Waals surface area contributed by atoms with Gasteiger partial charge in [-0.1, -0.05) is 0 Å². The largest absolute Gasteiger partial charge is 0.712 e. The highest BCUT2D eigenvalue weighted by atomic mass is 79.9. The van der Waals surface area contributed by atoms with Crippen molar-refractivity contribution in [2.24, 2.45) is 0 Å². The molecule has 0 saturated heterocycles. The normalized spacial score (nSPS) is 11.9. The third kappa shape index (κ3) is 4.70. The number of halogens is 2. The summed E-state index contributed by atoms with van der Waals surface area (Å²) in [6.45, 7) is 4.12. The number of pyridine rings is 1. The van der Waals surface area contributed by atoms with Crippen molar-refractivity contribution in [3.8, 4) is 17.0 Å². The lowest BCUT2D eigenvalue weighted by molar-refractivity contribution is 0.103. The van der Waals surface area contributed by atoms with E-state index in [1.807, 2.05) is 6.92 Å². The van der Waals surface area contributed by atoms with Gasteiger partial charge in [-0.2, -0.15) is 13.8 Å². The summed E-state index contributed by atoms with van der Waals surface area (Å²) in [5.74, 6) is -0.948. The molecule has 3 heterocycles. The van der Waals surface area contributed by atoms with Gasteiger partial charge in [0.2, 0.25) is 11.5 Å². The molecular formula is C21H17BrFN6O4S-. The second-order valence-electron chi connectivity index (χ2n) is 7.15. The Kier molecular flexibility index (Phi) is 6.75. The molecule has 1 N–H and O–H groups in total. The molecule has 0 unspecified atom stereocenters. The van der Waals surface area contributed by atoms with Gasteiger partial charge < -0.3 is 15.2 Å². The first kappa shape index (κ1) is 23.6. The zero-order valence-electron chi connectivity index (χ0n) is 17.9. The van der Waals surface area contributed by atoms with E-state index in [0.717, 1.165) is 11.7 Å². The smallest absolute Gasteiger partial charge is 0.323 e. The van der Waals surface area contributed by atoms with Crippen molar-refractivity contribution in [2.45, 2.75) is 26.5 Å². The van der Waals surface area contributed by atoms with Crippen LogP contribution in [0.3, 0.4) is 0 Å². The van der Waals surface area contributed by atoms with E-state index in [0.29, 0.717) is 27.7 Å². The van der Waals surface area contributed by atoms with Crippen molar-refractivity contribution in [2.75, 3.05) is 0 Å². The van der Waals surface area contributed by atoms with Gasteiger partial charge in [0.05, 0.1) is 28.0 Å². The molecule has 176 valence electrons. The molecule has 0 saturated carbocycles. The summed E-state index contributed by atoms with van der Waals surface area (Å²) >= 11 is 4.10. The summed E-state index contributed by atoms with van der Waals surface area (Å²) in [7, 11) is 0. The monoisotopic (exact) mass is 547 g/mol. The minimum absolute atomic E-state index is 0.0400. The number of rotatable bonds is 7. The fourth-order valence-corrected chi connectivity index (χ4v) is 4.20. The van der Waals surface area contributed by atoms with Crippen molar-refractivity contribution >= 4 is 33.4 Å². The van der Waals surface area contributed by atoms with E-state index in [1.165, 1.54) is 36.7 Å². The van der Waals surface area contributed by atoms with Crippen molar-refractivity contribution in [3.63, 3.8) is 0 Å². The second kappa shape index (κ2) is 9.73. The van der Waals surface area contributed by atoms with Crippen LogP contribution in [-0.2, 0) is 6.54 Å². The van der Waals surface area contributed by atoms with Crippen LogP contribution in [0.15, 0.2) is 47.3 Å². The zero-order valence-corrected chi connectivity index (χ0v) is 20.3. The number of ketones is 1. The number of hydrogen-bond acceptors (Lipinski definition) is 8. The second-order valence-corrected chi connectivity index (χ2v) is 8.60. The minimum atomic E-state index is -0.834. The van der Waals surface area contributed by atoms with Crippen molar-refractivity contribution in [1.82, 2.24) is 28.4 Å². The van der Waals surface area contributed by atoms with Crippen LogP contribution in [-0.4, -0.2) is 29.3 Å². The molecule has 0 radical (unpaired) electrons. The number of H-pyrrole nitrogens is 1. The fourth-order valence-electron chi connectivity index (χ4n) is 3.32. The third-order valence-electron chi connectivity index (χ3n) is 4.97. The molecule has 4 rings (SSSR count). The van der Waals surface area contributed by atoms with Crippen LogP contribution in [0.5, 0.6) is 5.75 Å². The molecule has 1 atom stereocenters. The molecule has 0 fully saturated rings. The quantitative estimate of drug-likeness (QED) is 0.274. The topological polar surface area (TPSA) is 135 Å². The number of aryl methyl sites for hydroxylation is 1. The van der Waals surface area contributed by atoms with Crippen LogP contribution < -0.4 is 15.1 Å². The number of benzene rings is 1. The molecule has 13 heteroatoms. The number of aromatic amines is 1. The lowest BCUT2D eigenvalue weighted by atomic mass is 9.97. The number of aromatic nitrogens is 5. The first-order valence-electron chi connectivity index (χ1n) is 10.00. The maximum Gasteiger partial charge on any atom is 0.323 e. The molecule has 3 aromatic heterocycles. The van der Waals surface area contributed by atoms with E-state index in [1.54, 1.807) is 17.8 Å². The molecule has 0 bridgehead atoms. The predicted octanol–water partition coefficient (Wildman–Crippen LogP) is 3.79. The van der Waals surface area contributed by atoms with E-state index < -0.39 is 16.8 Å². The molecule has 0 aliphatic heterocycles. The van der Waals surface area contributed by atoms with Gasteiger partial charge in [0, 0.05) is 29.9 Å². The van der Waals surface area contributed by atoms with Crippen molar-refractivity contribution in [1.29, 1.82) is 0 Å². The Labute approximate surface area is 205 Å². The highest BCUT2D eigenvalue weighted by Crippen LogP contribution is 2.33. The Morgan fingerprint density at radius 1 is 1.35 bits per heavy atom. The number of carbonyl (C=O) groups excluding carboxylic acids is 1. The average Bonchev–Trinajstić information content (AvgIpc) is 3.48. The van der Waals surface area contributed by atoms with Gasteiger partial charge in [0.1, 0.15) is 23.8 Å². The maximum absolute atomic E-state index is 14.2. The SMILES string of the molecule is CCn1cc(C(=O)c2nsnc2-c2ccc(F)cc2[C@@H](C)Oc2cc(Br)c[nH]c2=[N+]([O-])[O-])cn1. The van der Waals surface area contributed by atoms with Gasteiger partial charge in [-0.05, 0) is 48.0 Å². The summed E-state index contributed by atoms with van der Waals surface area (Å²) in [6, 6.07) is 5.41. The third-order valence-corrected chi connectivity index (χ3v) is 5.95. The molecule has 4 aromatic rings. The number of nitrogens with zero attached hydrogens (tertiary/aromatic N) is 5. The van der Waals surface area contributed by atoms with Crippen LogP contribution in [0.25, 0.3) is 11.3 Å². The van der Waals surface area contributed by atoms with Crippen molar-refractivity contribution < 1.29 is 13.9 Å². The Hall–Kier alpha value is -3.58. The lowest BCUT2D eigenvalue weighted by Gasteiger charge is -2.19. The molecule has 1 aromatic carbocycles. The molecular weight excluding hydrogens is 531 g/mol. The first-order valence-corrected chi connectivity index (χ1v) is 11.5. The molecule has 10 nitrogen and oxygen atoms in total. The number of hydrogen-bond donors (Lipinski definition) is 1. The van der Waals surface area contributed by atoms with Crippen LogP contribution in [0, 0.1) is 16.2 Å². The summed E-state index contributed by atoms with van der Waals surface area (Å²) in [4.78, 5) is 15.0. The van der Waals surface area contributed by atoms with E-state index >= 15 is 0 Å². The predicted molar refractivity (Wildman–Crippen MR) is 126 cm³/mol. The highest BCUT2D eigenvalue weighted by Gasteiger charge is 2.25. The zero-order chi connectivity index (χ0) is 24.4. The Morgan fingerprint density at radius 2 is 2.15 bits per heavy atom. The lowest BCUT2D eigenvalue weighted by Crippen LogP contribution is -2.25. The summed E-state index contributed by atoms with van der Waals surface area (Å²) in [6.07, 6.45) is 3.64. The minimum Gasteiger partial charge on any atom is -0.712 e. The van der Waals surface area contributed by atoms with Crippen LogP contribution in [0.1, 0.15) is 41.6 Å². The standard InChI is InChI=1S/C21H17BrFN6O4S/c1-3-28-10-12(8-25-28)20(30)19-18(26-34-27-19)15-5-4-14(23)7-16(15)11(2)33-17-6-13(22)9-24-21(17)29(31)32/h4-11H,3H2,1-2H3,(H-,24,26,27,30,31,32)/q-1/t11-/m1/s1. The molecule has 0 aliphatic rings. The van der Waals surface area contributed by atoms with E-state index in [2.05, 4.69) is 34.8 Å². The first-order chi connectivity index (χ1) is 16.3. The van der Waals surface area contributed by atoms with E-state index in [9.17, 15) is 19.6 Å². The van der Waals surface area contributed by atoms with Crippen LogP contribution in [0.4, 0.5) is 4.39 Å². The van der Waals surface area contributed by atoms with Gasteiger partial charge in [-0.25, -0.2) is 9.37 Å². The van der Waals surface area contributed by atoms with E-state index in [-0.39, 0.29) is 28.4 Å².